The summed E-state index contributed by atoms with van der Waals surface area (Å²) in [5, 5.41) is 0. The Balaban J connectivity index is 3.38. The minimum absolute atomic E-state index is 0.142. The van der Waals surface area contributed by atoms with Gasteiger partial charge in [-0.05, 0) is 18.6 Å². The molecule has 0 saturated heterocycles. The first-order chi connectivity index (χ1) is 9.20. The minimum Gasteiger partial charge on any atom is -0.462 e. The van der Waals surface area contributed by atoms with Crippen LogP contribution in [-0.4, -0.2) is 26.5 Å². The van der Waals surface area contributed by atoms with Crippen LogP contribution in [0.1, 0.15) is 12.5 Å². The van der Waals surface area contributed by atoms with Crippen molar-refractivity contribution in [3.05, 3.63) is 40.8 Å². The van der Waals surface area contributed by atoms with Gasteiger partial charge in [-0.1, -0.05) is 30.3 Å². The van der Waals surface area contributed by atoms with E-state index in [1.807, 2.05) is 0 Å². The Morgan fingerprint density at radius 2 is 1.80 bits per heavy atom. The summed E-state index contributed by atoms with van der Waals surface area (Å²) in [6.45, 7) is 1.12. The highest BCUT2D eigenvalue weighted by molar-refractivity contribution is 7.97. The van der Waals surface area contributed by atoms with Crippen LogP contribution >= 0.6 is 0 Å². The number of esters is 1. The van der Waals surface area contributed by atoms with Crippen LogP contribution in [0.25, 0.3) is 6.08 Å². The monoisotopic (exact) mass is 308 g/mol. The van der Waals surface area contributed by atoms with E-state index in [1.165, 1.54) is 31.2 Å². The summed E-state index contributed by atoms with van der Waals surface area (Å²) in [5.41, 5.74) is -5.43. The third-order valence-corrected chi connectivity index (χ3v) is 3.64. The number of ether oxygens (including phenoxy) is 1. The normalized spacial score (nSPS) is 13.1. The molecule has 0 spiro atoms. The quantitative estimate of drug-likeness (QED) is 0.633. The number of rotatable bonds is 4. The largest absolute Gasteiger partial charge is 0.502 e. The van der Waals surface area contributed by atoms with Gasteiger partial charge in [-0.3, -0.25) is 0 Å². The van der Waals surface area contributed by atoms with Gasteiger partial charge in [0.25, 0.3) is 9.84 Å². The van der Waals surface area contributed by atoms with Gasteiger partial charge in [0.15, 0.2) is 4.91 Å². The summed E-state index contributed by atoms with van der Waals surface area (Å²) in [6.07, 6.45) is 0.640. The average Bonchev–Trinajstić information content (AvgIpc) is 2.36. The Bertz CT molecular complexity index is 603. The molecule has 0 amide bonds. The molecule has 1 rings (SSSR count). The predicted octanol–water partition coefficient (Wildman–Crippen LogP) is 2.53. The van der Waals surface area contributed by atoms with Crippen molar-refractivity contribution in [3.63, 3.8) is 0 Å². The number of benzene rings is 1. The van der Waals surface area contributed by atoms with Gasteiger partial charge < -0.3 is 4.74 Å². The molecule has 4 nitrogen and oxygen atoms in total. The Kier molecular flexibility index (Phi) is 4.93. The van der Waals surface area contributed by atoms with Gasteiger partial charge in [-0.15, -0.1) is 0 Å². The summed E-state index contributed by atoms with van der Waals surface area (Å²) in [7, 11) is -5.77. The third kappa shape index (κ3) is 3.60. The maximum Gasteiger partial charge on any atom is 0.502 e. The molecule has 0 aliphatic heterocycles. The number of halogens is 3. The first-order valence-corrected chi connectivity index (χ1v) is 6.93. The number of carbonyl (C=O) groups excluding carboxylic acids is 1. The van der Waals surface area contributed by atoms with E-state index in [0.717, 1.165) is 0 Å². The second-order valence-corrected chi connectivity index (χ2v) is 5.50. The molecule has 0 N–H and O–H groups in total. The zero-order chi connectivity index (χ0) is 15.4. The molecule has 0 aliphatic rings. The standard InChI is InChI=1S/C12H11F3O4S/c1-2-19-11(16)10(20(17,18)12(13,14)15)8-9-6-4-3-5-7-9/h3-8H,2H2,1H3/b10-8+. The molecule has 20 heavy (non-hydrogen) atoms. The van der Waals surface area contributed by atoms with Gasteiger partial charge in [0, 0.05) is 0 Å². The van der Waals surface area contributed by atoms with Crippen LogP contribution in [0.15, 0.2) is 35.2 Å². The van der Waals surface area contributed by atoms with Gasteiger partial charge in [-0.25, -0.2) is 13.2 Å². The fourth-order valence-corrected chi connectivity index (χ4v) is 2.09. The van der Waals surface area contributed by atoms with Crippen LogP contribution in [0, 0.1) is 0 Å². The van der Waals surface area contributed by atoms with Crippen LogP contribution < -0.4 is 0 Å². The third-order valence-electron chi connectivity index (χ3n) is 2.17. The van der Waals surface area contributed by atoms with E-state index in [1.54, 1.807) is 6.07 Å². The van der Waals surface area contributed by atoms with E-state index in [0.29, 0.717) is 6.08 Å². The number of sulfone groups is 1. The minimum atomic E-state index is -5.77. The first kappa shape index (κ1) is 16.2. The lowest BCUT2D eigenvalue weighted by Gasteiger charge is -2.11. The van der Waals surface area contributed by atoms with E-state index < -0.39 is 26.2 Å². The van der Waals surface area contributed by atoms with Crippen LogP contribution in [0.4, 0.5) is 13.2 Å². The van der Waals surface area contributed by atoms with Gasteiger partial charge >= 0.3 is 11.5 Å². The molecule has 0 heterocycles. The van der Waals surface area contributed by atoms with Gasteiger partial charge in [0.1, 0.15) is 0 Å². The molecule has 0 bridgehead atoms. The SMILES string of the molecule is CCOC(=O)/C(=C\c1ccccc1)S(=O)(=O)C(F)(F)F. The maximum atomic E-state index is 12.6. The summed E-state index contributed by atoms with van der Waals surface area (Å²) in [4.78, 5) is 10.0. The van der Waals surface area contributed by atoms with Crippen LogP contribution in [0.5, 0.6) is 0 Å². The number of carbonyl (C=O) groups is 1. The fourth-order valence-electron chi connectivity index (χ4n) is 1.27. The fraction of sp³-hybridized carbons (Fsp3) is 0.250. The van der Waals surface area contributed by atoms with Crippen LogP contribution in [0.2, 0.25) is 0 Å². The molecule has 8 heteroatoms. The summed E-state index contributed by atoms with van der Waals surface area (Å²) < 4.78 is 64.8. The molecule has 0 aromatic heterocycles. The van der Waals surface area contributed by atoms with Crippen LogP contribution in [0.3, 0.4) is 0 Å². The van der Waals surface area contributed by atoms with Crippen molar-refractivity contribution in [1.29, 1.82) is 0 Å². The van der Waals surface area contributed by atoms with Crippen molar-refractivity contribution < 1.29 is 31.1 Å². The Morgan fingerprint density at radius 3 is 2.25 bits per heavy atom. The zero-order valence-electron chi connectivity index (χ0n) is 10.3. The topological polar surface area (TPSA) is 60.4 Å². The van der Waals surface area contributed by atoms with Gasteiger partial charge in [0.05, 0.1) is 6.61 Å². The van der Waals surface area contributed by atoms with E-state index >= 15 is 0 Å². The Hall–Kier alpha value is -1.83. The van der Waals surface area contributed by atoms with E-state index in [2.05, 4.69) is 4.74 Å². The highest BCUT2D eigenvalue weighted by atomic mass is 32.2. The average molecular weight is 308 g/mol. The van der Waals surface area contributed by atoms with Crippen molar-refractivity contribution in [2.45, 2.75) is 12.4 Å². The molecular weight excluding hydrogens is 297 g/mol. The van der Waals surface area contributed by atoms with Crippen molar-refractivity contribution in [2.75, 3.05) is 6.61 Å². The number of alkyl halides is 3. The molecule has 1 aromatic carbocycles. The van der Waals surface area contributed by atoms with E-state index in [-0.39, 0.29) is 12.2 Å². The first-order valence-electron chi connectivity index (χ1n) is 5.45. The van der Waals surface area contributed by atoms with Gasteiger partial charge in [0.2, 0.25) is 0 Å². The smallest absolute Gasteiger partial charge is 0.462 e. The van der Waals surface area contributed by atoms with Crippen molar-refractivity contribution in [1.82, 2.24) is 0 Å². The summed E-state index contributed by atoms with van der Waals surface area (Å²) >= 11 is 0. The molecule has 1 aromatic rings. The number of hydrogen-bond donors (Lipinski definition) is 0. The predicted molar refractivity (Wildman–Crippen MR) is 66.0 cm³/mol. The summed E-state index contributed by atoms with van der Waals surface area (Å²) in [5.74, 6) is -1.53. The molecule has 0 fully saturated rings. The molecule has 0 atom stereocenters. The molecular formula is C12H11F3O4S. The van der Waals surface area contributed by atoms with E-state index in [4.69, 9.17) is 0 Å². The van der Waals surface area contributed by atoms with Gasteiger partial charge in [-0.2, -0.15) is 13.2 Å². The second-order valence-electron chi connectivity index (χ2n) is 3.59. The number of hydrogen-bond acceptors (Lipinski definition) is 4. The lowest BCUT2D eigenvalue weighted by atomic mass is 10.2. The Labute approximate surface area is 113 Å². The van der Waals surface area contributed by atoms with Crippen molar-refractivity contribution in [3.8, 4) is 0 Å². The molecule has 0 saturated carbocycles. The maximum absolute atomic E-state index is 12.6. The zero-order valence-corrected chi connectivity index (χ0v) is 11.2. The van der Waals surface area contributed by atoms with Crippen LogP contribution in [-0.2, 0) is 19.4 Å². The summed E-state index contributed by atoms with van der Waals surface area (Å²) in [6, 6.07) is 7.32. The van der Waals surface area contributed by atoms with Crippen molar-refractivity contribution >= 4 is 21.9 Å². The molecule has 110 valence electrons. The highest BCUT2D eigenvalue weighted by Gasteiger charge is 2.50. The van der Waals surface area contributed by atoms with E-state index in [9.17, 15) is 26.4 Å². The lowest BCUT2D eigenvalue weighted by molar-refractivity contribution is -0.137. The lowest BCUT2D eigenvalue weighted by Crippen LogP contribution is -2.29. The molecule has 0 unspecified atom stereocenters. The highest BCUT2D eigenvalue weighted by Crippen LogP contribution is 2.31. The Morgan fingerprint density at radius 1 is 1.25 bits per heavy atom. The molecule has 0 radical (unpaired) electrons. The second kappa shape index (κ2) is 6.08. The molecule has 0 aliphatic carbocycles. The van der Waals surface area contributed by atoms with Crippen molar-refractivity contribution in [2.24, 2.45) is 0 Å².